The lowest BCUT2D eigenvalue weighted by atomic mass is 9.48. The van der Waals surface area contributed by atoms with Gasteiger partial charge in [-0.3, -0.25) is 9.80 Å². The Balaban J connectivity index is 1.35. The minimum atomic E-state index is 0.190. The first-order valence-electron chi connectivity index (χ1n) is 12.1. The third-order valence-corrected chi connectivity index (χ3v) is 10.3. The van der Waals surface area contributed by atoms with Gasteiger partial charge in [-0.15, -0.1) is 0 Å². The Morgan fingerprint density at radius 2 is 1.79 bits per heavy atom. The Kier molecular flexibility index (Phi) is 4.76. The highest BCUT2D eigenvalue weighted by molar-refractivity contribution is 5.89. The molecule has 0 aliphatic heterocycles. The van der Waals surface area contributed by atoms with Crippen molar-refractivity contribution in [1.29, 1.82) is 0 Å². The van der Waals surface area contributed by atoms with Crippen LogP contribution in [0.15, 0.2) is 5.10 Å². The zero-order chi connectivity index (χ0) is 20.5. The van der Waals surface area contributed by atoms with Crippen LogP contribution in [0.1, 0.15) is 72.1 Å². The zero-order valence-corrected chi connectivity index (χ0v) is 18.5. The number of carbonyl (C=O) groups excluding carboxylic acids is 1. The van der Waals surface area contributed by atoms with E-state index in [-0.39, 0.29) is 17.9 Å². The van der Waals surface area contributed by atoms with Crippen LogP contribution in [-0.2, 0) is 4.79 Å². The number of hydrazine groups is 1. The first-order valence-corrected chi connectivity index (χ1v) is 12.1. The number of fused-ring (bicyclic) bond motifs is 7. The lowest BCUT2D eigenvalue weighted by Gasteiger charge is -2.57. The van der Waals surface area contributed by atoms with Gasteiger partial charge in [0.1, 0.15) is 5.84 Å². The highest BCUT2D eigenvalue weighted by Crippen LogP contribution is 2.74. The van der Waals surface area contributed by atoms with Crippen LogP contribution in [0.25, 0.3) is 0 Å². The minimum Gasteiger partial charge on any atom is -0.322 e. The molecule has 162 valence electrons. The second-order valence-electron chi connectivity index (χ2n) is 11.6. The van der Waals surface area contributed by atoms with Gasteiger partial charge in [-0.2, -0.15) is 5.10 Å². The first-order chi connectivity index (χ1) is 13.8. The van der Waals surface area contributed by atoms with Crippen LogP contribution in [0.3, 0.4) is 0 Å². The Morgan fingerprint density at radius 1 is 1.03 bits per heavy atom. The van der Waals surface area contributed by atoms with Crippen LogP contribution in [0.2, 0.25) is 0 Å². The number of Topliss-reactive ketones (excluding diaryl/α,β-unsaturated/α-hetero) is 1. The van der Waals surface area contributed by atoms with Gasteiger partial charge in [0.25, 0.3) is 0 Å². The summed E-state index contributed by atoms with van der Waals surface area (Å²) in [7, 11) is 0. The summed E-state index contributed by atoms with van der Waals surface area (Å²) in [5, 5.41) is 5.10. The van der Waals surface area contributed by atoms with Gasteiger partial charge in [0.15, 0.2) is 5.78 Å². The summed E-state index contributed by atoms with van der Waals surface area (Å²) >= 11 is 0. The van der Waals surface area contributed by atoms with Crippen molar-refractivity contribution in [3.8, 4) is 0 Å². The molecule has 0 heterocycles. The summed E-state index contributed by atoms with van der Waals surface area (Å²) < 4.78 is 0. The SMILES string of the molecule is C/C(=N/N)N(N)CC(=O)C1C2CC2C2C3CCC4CC(C)CCC4C3CCC12C. The van der Waals surface area contributed by atoms with Crippen molar-refractivity contribution in [1.82, 2.24) is 5.01 Å². The van der Waals surface area contributed by atoms with Crippen molar-refractivity contribution in [3.05, 3.63) is 0 Å². The van der Waals surface area contributed by atoms with Crippen LogP contribution in [0.4, 0.5) is 0 Å². The first kappa shape index (κ1) is 19.8. The van der Waals surface area contributed by atoms with Gasteiger partial charge >= 0.3 is 0 Å². The highest BCUT2D eigenvalue weighted by atomic mass is 16.1. The fraction of sp³-hybridized carbons (Fsp3) is 0.917. The van der Waals surface area contributed by atoms with E-state index in [0.717, 1.165) is 41.4 Å². The lowest BCUT2D eigenvalue weighted by molar-refractivity contribution is -0.133. The van der Waals surface area contributed by atoms with Crippen molar-refractivity contribution >= 4 is 11.6 Å². The van der Waals surface area contributed by atoms with E-state index in [1.54, 1.807) is 6.92 Å². The monoisotopic (exact) mass is 400 g/mol. The molecular formula is C24H40N4O. The molecule has 0 spiro atoms. The van der Waals surface area contributed by atoms with Crippen LogP contribution in [0, 0.1) is 58.7 Å². The summed E-state index contributed by atoms with van der Waals surface area (Å²) in [6, 6.07) is 0. The molecule has 10 unspecified atom stereocenters. The molecule has 0 bridgehead atoms. The average Bonchev–Trinajstić information content (AvgIpc) is 3.40. The van der Waals surface area contributed by atoms with Crippen LogP contribution < -0.4 is 11.7 Å². The molecule has 0 aromatic rings. The number of rotatable bonds is 3. The maximum atomic E-state index is 13.4. The summed E-state index contributed by atoms with van der Waals surface area (Å²) in [5.74, 6) is 19.4. The maximum Gasteiger partial charge on any atom is 0.157 e. The molecule has 0 aromatic carbocycles. The third-order valence-electron chi connectivity index (χ3n) is 10.3. The maximum absolute atomic E-state index is 13.4. The van der Waals surface area contributed by atoms with E-state index in [9.17, 15) is 4.79 Å². The number of hydrogen-bond acceptors (Lipinski definition) is 4. The smallest absolute Gasteiger partial charge is 0.157 e. The summed E-state index contributed by atoms with van der Waals surface area (Å²) in [6.07, 6.45) is 11.1. The molecule has 5 nitrogen and oxygen atoms in total. The normalized spacial score (nSPS) is 50.8. The van der Waals surface area contributed by atoms with Crippen LogP contribution in [0.5, 0.6) is 0 Å². The molecule has 0 radical (unpaired) electrons. The lowest BCUT2D eigenvalue weighted by Crippen LogP contribution is -2.52. The van der Waals surface area contributed by atoms with Gasteiger partial charge in [0.05, 0.1) is 6.54 Å². The topological polar surface area (TPSA) is 84.7 Å². The number of carbonyl (C=O) groups is 1. The molecule has 5 aliphatic carbocycles. The Labute approximate surface area is 176 Å². The van der Waals surface area contributed by atoms with E-state index >= 15 is 0 Å². The molecule has 0 saturated heterocycles. The van der Waals surface area contributed by atoms with Crippen molar-refractivity contribution in [2.75, 3.05) is 6.54 Å². The standard InChI is InChI=1S/C24H40N4O/c1-13-4-6-16-15(10-13)5-7-18-17(16)8-9-24(3)22(18)19-11-20(19)23(24)21(29)12-28(26)14(2)27-25/h13,15-20,22-23H,4-12,25-26H2,1-3H3/b27-14-. The molecular weight excluding hydrogens is 360 g/mol. The van der Waals surface area contributed by atoms with Crippen molar-refractivity contribution in [2.45, 2.75) is 72.1 Å². The van der Waals surface area contributed by atoms with Crippen molar-refractivity contribution < 1.29 is 4.79 Å². The second-order valence-corrected chi connectivity index (χ2v) is 11.6. The van der Waals surface area contributed by atoms with Crippen molar-refractivity contribution in [2.24, 2.45) is 75.5 Å². The Hall–Kier alpha value is -1.10. The van der Waals surface area contributed by atoms with Gasteiger partial charge in [0, 0.05) is 5.92 Å². The molecule has 5 fully saturated rings. The number of amidine groups is 1. The Morgan fingerprint density at radius 3 is 2.55 bits per heavy atom. The molecule has 5 rings (SSSR count). The van der Waals surface area contributed by atoms with Crippen LogP contribution in [-0.4, -0.2) is 23.2 Å². The highest BCUT2D eigenvalue weighted by Gasteiger charge is 2.70. The number of ketones is 1. The van der Waals surface area contributed by atoms with E-state index in [1.807, 2.05) is 0 Å². The summed E-state index contributed by atoms with van der Waals surface area (Å²) in [6.45, 7) is 6.93. The van der Waals surface area contributed by atoms with E-state index in [4.69, 9.17) is 11.7 Å². The zero-order valence-electron chi connectivity index (χ0n) is 18.5. The molecule has 10 atom stereocenters. The molecule has 4 N–H and O–H groups in total. The van der Waals surface area contributed by atoms with Gasteiger partial charge in [-0.1, -0.05) is 20.3 Å². The number of nitrogens with two attached hydrogens (primary N) is 2. The van der Waals surface area contributed by atoms with Gasteiger partial charge in [0.2, 0.25) is 0 Å². The molecule has 5 aliphatic rings. The van der Waals surface area contributed by atoms with Crippen molar-refractivity contribution in [3.63, 3.8) is 0 Å². The molecule has 29 heavy (non-hydrogen) atoms. The molecule has 5 heteroatoms. The largest absolute Gasteiger partial charge is 0.322 e. The minimum absolute atomic E-state index is 0.190. The summed E-state index contributed by atoms with van der Waals surface area (Å²) in [4.78, 5) is 13.4. The molecule has 0 amide bonds. The Bertz CT molecular complexity index is 707. The second kappa shape index (κ2) is 6.96. The van der Waals surface area contributed by atoms with Crippen LogP contribution >= 0.6 is 0 Å². The van der Waals surface area contributed by atoms with E-state index in [2.05, 4.69) is 18.9 Å². The van der Waals surface area contributed by atoms with E-state index in [1.165, 1.54) is 56.4 Å². The predicted molar refractivity (Wildman–Crippen MR) is 115 cm³/mol. The molecule has 0 aromatic heterocycles. The fourth-order valence-electron chi connectivity index (χ4n) is 9.11. The predicted octanol–water partition coefficient (Wildman–Crippen LogP) is 3.78. The van der Waals surface area contributed by atoms with E-state index < -0.39 is 0 Å². The number of nitrogens with zero attached hydrogens (tertiary/aromatic N) is 2. The fourth-order valence-corrected chi connectivity index (χ4v) is 9.11. The quantitative estimate of drug-likeness (QED) is 0.327. The number of hydrogen-bond donors (Lipinski definition) is 2. The van der Waals surface area contributed by atoms with Gasteiger partial charge in [-0.25, -0.2) is 5.84 Å². The number of hydrazone groups is 1. The summed E-state index contributed by atoms with van der Waals surface area (Å²) in [5.41, 5.74) is 0.190. The van der Waals surface area contributed by atoms with Gasteiger partial charge in [-0.05, 0) is 105 Å². The average molecular weight is 401 g/mol. The van der Waals surface area contributed by atoms with E-state index in [0.29, 0.717) is 17.5 Å². The third kappa shape index (κ3) is 2.97. The molecule has 5 saturated carbocycles. The van der Waals surface area contributed by atoms with Gasteiger partial charge < -0.3 is 5.84 Å².